The largest absolute Gasteiger partial charge is 0.293 e. The van der Waals surface area contributed by atoms with Crippen LogP contribution in [0.2, 0.25) is 0 Å². The number of ketones is 1. The van der Waals surface area contributed by atoms with Gasteiger partial charge in [0, 0.05) is 6.42 Å². The van der Waals surface area contributed by atoms with Gasteiger partial charge in [-0.05, 0) is 17.9 Å². The number of hydrogen-bond donors (Lipinski definition) is 0. The average Bonchev–Trinajstić information content (AvgIpc) is 2.51. The third-order valence-electron chi connectivity index (χ3n) is 1.52. The number of carbonyl (C=O) groups excluding carboxylic acids is 1. The zero-order chi connectivity index (χ0) is 8.97. The summed E-state index contributed by atoms with van der Waals surface area (Å²) in [6.07, 6.45) is 1.37. The molecule has 2 nitrogen and oxygen atoms in total. The molecule has 0 bridgehead atoms. The van der Waals surface area contributed by atoms with Crippen LogP contribution in [0.1, 0.15) is 35.0 Å². The Morgan fingerprint density at radius 2 is 2.50 bits per heavy atom. The van der Waals surface area contributed by atoms with Crippen LogP contribution in [0.4, 0.5) is 0 Å². The van der Waals surface area contributed by atoms with Gasteiger partial charge < -0.3 is 0 Å². The second kappa shape index (κ2) is 4.03. The summed E-state index contributed by atoms with van der Waals surface area (Å²) in [4.78, 5) is 12.0. The average molecular weight is 179 g/mol. The number of rotatable bonds is 3. The SMILES string of the molecule is CCCC(=O)c1sccc1C#N. The van der Waals surface area contributed by atoms with E-state index < -0.39 is 0 Å². The molecule has 0 fully saturated rings. The van der Waals surface area contributed by atoms with E-state index in [-0.39, 0.29) is 5.78 Å². The minimum Gasteiger partial charge on any atom is -0.293 e. The standard InChI is InChI=1S/C9H9NOS/c1-2-3-8(11)9-7(6-10)4-5-12-9/h4-5H,2-3H2,1H3. The van der Waals surface area contributed by atoms with Crippen LogP contribution in [0.15, 0.2) is 11.4 Å². The van der Waals surface area contributed by atoms with Gasteiger partial charge in [0.05, 0.1) is 10.4 Å². The molecule has 0 aromatic carbocycles. The summed E-state index contributed by atoms with van der Waals surface area (Å²) in [5, 5.41) is 10.4. The van der Waals surface area contributed by atoms with Crippen LogP contribution in [-0.2, 0) is 0 Å². The first-order valence-corrected chi connectivity index (χ1v) is 4.68. The number of carbonyl (C=O) groups is 1. The number of nitrogens with zero attached hydrogens (tertiary/aromatic N) is 1. The van der Waals surface area contributed by atoms with E-state index in [9.17, 15) is 4.79 Å². The molecular formula is C9H9NOS. The molecule has 0 amide bonds. The van der Waals surface area contributed by atoms with Crippen LogP contribution in [-0.4, -0.2) is 5.78 Å². The molecule has 0 atom stereocenters. The van der Waals surface area contributed by atoms with E-state index in [1.807, 2.05) is 13.0 Å². The van der Waals surface area contributed by atoms with E-state index >= 15 is 0 Å². The Kier molecular flexibility index (Phi) is 3.01. The maximum Gasteiger partial charge on any atom is 0.174 e. The summed E-state index contributed by atoms with van der Waals surface area (Å²) in [6, 6.07) is 3.69. The molecule has 1 heterocycles. The highest BCUT2D eigenvalue weighted by molar-refractivity contribution is 7.12. The Balaban J connectivity index is 2.88. The zero-order valence-corrected chi connectivity index (χ0v) is 7.65. The summed E-state index contributed by atoms with van der Waals surface area (Å²) in [5.74, 6) is 0.0871. The van der Waals surface area contributed by atoms with Crippen LogP contribution in [0, 0.1) is 11.3 Å². The van der Waals surface area contributed by atoms with Crippen molar-refractivity contribution < 1.29 is 4.79 Å². The first kappa shape index (κ1) is 8.95. The fourth-order valence-electron chi connectivity index (χ4n) is 0.954. The van der Waals surface area contributed by atoms with Crippen molar-refractivity contribution in [2.24, 2.45) is 0 Å². The van der Waals surface area contributed by atoms with Crippen molar-refractivity contribution >= 4 is 17.1 Å². The number of hydrogen-bond acceptors (Lipinski definition) is 3. The van der Waals surface area contributed by atoms with E-state index in [2.05, 4.69) is 0 Å². The summed E-state index contributed by atoms with van der Waals surface area (Å²) < 4.78 is 0. The summed E-state index contributed by atoms with van der Waals surface area (Å²) >= 11 is 1.35. The van der Waals surface area contributed by atoms with Crippen molar-refractivity contribution in [2.75, 3.05) is 0 Å². The lowest BCUT2D eigenvalue weighted by Gasteiger charge is -1.93. The molecule has 0 unspecified atom stereocenters. The topological polar surface area (TPSA) is 40.9 Å². The molecule has 0 spiro atoms. The van der Waals surface area contributed by atoms with Crippen molar-refractivity contribution in [1.29, 1.82) is 5.26 Å². The monoisotopic (exact) mass is 179 g/mol. The van der Waals surface area contributed by atoms with Crippen molar-refractivity contribution in [3.8, 4) is 6.07 Å². The highest BCUT2D eigenvalue weighted by Gasteiger charge is 2.10. The van der Waals surface area contributed by atoms with Gasteiger partial charge in [0.25, 0.3) is 0 Å². The lowest BCUT2D eigenvalue weighted by molar-refractivity contribution is 0.0985. The molecule has 0 aliphatic carbocycles. The molecule has 0 aliphatic heterocycles. The molecule has 0 aliphatic rings. The highest BCUT2D eigenvalue weighted by Crippen LogP contribution is 2.18. The number of Topliss-reactive ketones (excluding diaryl/α,β-unsaturated/α-hetero) is 1. The van der Waals surface area contributed by atoms with Gasteiger partial charge in [-0.2, -0.15) is 5.26 Å². The summed E-state index contributed by atoms with van der Waals surface area (Å²) in [7, 11) is 0. The van der Waals surface area contributed by atoms with Gasteiger partial charge in [0.15, 0.2) is 5.78 Å². The Hall–Kier alpha value is -1.14. The minimum atomic E-state index is 0.0871. The maximum absolute atomic E-state index is 11.3. The van der Waals surface area contributed by atoms with Gasteiger partial charge in [0.2, 0.25) is 0 Å². The minimum absolute atomic E-state index is 0.0871. The van der Waals surface area contributed by atoms with Gasteiger partial charge in [-0.15, -0.1) is 11.3 Å². The second-order valence-electron chi connectivity index (χ2n) is 2.45. The van der Waals surface area contributed by atoms with E-state index in [1.165, 1.54) is 11.3 Å². The summed E-state index contributed by atoms with van der Waals surface area (Å²) in [6.45, 7) is 1.96. The fourth-order valence-corrected chi connectivity index (χ4v) is 1.77. The van der Waals surface area contributed by atoms with Crippen LogP contribution < -0.4 is 0 Å². The fraction of sp³-hybridized carbons (Fsp3) is 0.333. The lowest BCUT2D eigenvalue weighted by Crippen LogP contribution is -1.96. The quantitative estimate of drug-likeness (QED) is 0.669. The van der Waals surface area contributed by atoms with Crippen LogP contribution in [0.5, 0.6) is 0 Å². The van der Waals surface area contributed by atoms with Crippen LogP contribution in [0.25, 0.3) is 0 Å². The second-order valence-corrected chi connectivity index (χ2v) is 3.36. The van der Waals surface area contributed by atoms with Crippen molar-refractivity contribution in [3.63, 3.8) is 0 Å². The Morgan fingerprint density at radius 1 is 1.75 bits per heavy atom. The zero-order valence-electron chi connectivity index (χ0n) is 6.83. The first-order valence-electron chi connectivity index (χ1n) is 3.80. The van der Waals surface area contributed by atoms with E-state index in [0.29, 0.717) is 16.9 Å². The molecule has 0 saturated heterocycles. The van der Waals surface area contributed by atoms with Crippen molar-refractivity contribution in [3.05, 3.63) is 21.9 Å². The van der Waals surface area contributed by atoms with Gasteiger partial charge in [-0.1, -0.05) is 6.92 Å². The molecule has 12 heavy (non-hydrogen) atoms. The maximum atomic E-state index is 11.3. The Morgan fingerprint density at radius 3 is 3.08 bits per heavy atom. The molecule has 0 saturated carbocycles. The van der Waals surface area contributed by atoms with Gasteiger partial charge >= 0.3 is 0 Å². The van der Waals surface area contributed by atoms with Gasteiger partial charge in [0.1, 0.15) is 6.07 Å². The predicted octanol–water partition coefficient (Wildman–Crippen LogP) is 2.60. The first-order chi connectivity index (χ1) is 5.79. The normalized spacial score (nSPS) is 9.33. The third-order valence-corrected chi connectivity index (χ3v) is 2.47. The molecular weight excluding hydrogens is 170 g/mol. The lowest BCUT2D eigenvalue weighted by atomic mass is 10.1. The van der Waals surface area contributed by atoms with E-state index in [1.54, 1.807) is 11.4 Å². The highest BCUT2D eigenvalue weighted by atomic mass is 32.1. The van der Waals surface area contributed by atoms with E-state index in [4.69, 9.17) is 5.26 Å². The van der Waals surface area contributed by atoms with Crippen molar-refractivity contribution in [1.82, 2.24) is 0 Å². The van der Waals surface area contributed by atoms with Crippen LogP contribution in [0.3, 0.4) is 0 Å². The predicted molar refractivity (Wildman–Crippen MR) is 48.3 cm³/mol. The molecule has 0 radical (unpaired) electrons. The number of thiophene rings is 1. The van der Waals surface area contributed by atoms with Gasteiger partial charge in [-0.25, -0.2) is 0 Å². The molecule has 1 rings (SSSR count). The van der Waals surface area contributed by atoms with Crippen LogP contribution >= 0.6 is 11.3 Å². The van der Waals surface area contributed by atoms with Gasteiger partial charge in [-0.3, -0.25) is 4.79 Å². The molecule has 0 N–H and O–H groups in total. The summed E-state index contributed by atoms with van der Waals surface area (Å²) in [5.41, 5.74) is 0.512. The Labute approximate surface area is 75.5 Å². The molecule has 3 heteroatoms. The molecule has 62 valence electrons. The number of nitriles is 1. The Bertz CT molecular complexity index is 322. The molecule has 1 aromatic heterocycles. The van der Waals surface area contributed by atoms with Crippen molar-refractivity contribution in [2.45, 2.75) is 19.8 Å². The smallest absolute Gasteiger partial charge is 0.174 e. The van der Waals surface area contributed by atoms with E-state index in [0.717, 1.165) is 6.42 Å². The molecule has 1 aromatic rings. The third kappa shape index (κ3) is 1.72.